The van der Waals surface area contributed by atoms with Crippen molar-refractivity contribution in [3.63, 3.8) is 0 Å². The number of aromatic nitrogens is 2. The van der Waals surface area contributed by atoms with Crippen LogP contribution in [0.25, 0.3) is 0 Å². The van der Waals surface area contributed by atoms with Crippen LogP contribution in [-0.2, 0) is 23.0 Å². The first-order valence-electron chi connectivity index (χ1n) is 6.50. The largest absolute Gasteiger partial charge is 0.375 e. The van der Waals surface area contributed by atoms with Crippen molar-refractivity contribution in [2.45, 2.75) is 12.5 Å². The van der Waals surface area contributed by atoms with E-state index in [1.165, 1.54) is 7.11 Å². The fourth-order valence-electron chi connectivity index (χ4n) is 2.08. The van der Waals surface area contributed by atoms with Gasteiger partial charge >= 0.3 is 0 Å². The van der Waals surface area contributed by atoms with E-state index in [0.717, 1.165) is 11.4 Å². The third kappa shape index (κ3) is 3.68. The number of carbonyl (C=O) groups excluding carboxylic acids is 1. The molecule has 0 spiro atoms. The third-order valence-corrected chi connectivity index (χ3v) is 3.12. The first-order valence-corrected chi connectivity index (χ1v) is 6.50. The minimum absolute atomic E-state index is 0.0594. The van der Waals surface area contributed by atoms with Gasteiger partial charge in [0.2, 0.25) is 5.91 Å². The van der Waals surface area contributed by atoms with Gasteiger partial charge in [0, 0.05) is 33.0 Å². The van der Waals surface area contributed by atoms with Crippen LogP contribution in [0.3, 0.4) is 0 Å². The van der Waals surface area contributed by atoms with Gasteiger partial charge in [-0.2, -0.15) is 0 Å². The Bertz CT molecular complexity index is 551. The van der Waals surface area contributed by atoms with E-state index in [0.29, 0.717) is 6.42 Å². The summed E-state index contributed by atoms with van der Waals surface area (Å²) in [6.45, 7) is 0.0594. The molecular weight excluding hydrogens is 254 g/mol. The maximum atomic E-state index is 11.8. The highest BCUT2D eigenvalue weighted by Gasteiger charge is 2.16. The average Bonchev–Trinajstić information content (AvgIpc) is 2.85. The van der Waals surface area contributed by atoms with Crippen molar-refractivity contribution in [3.8, 4) is 0 Å². The highest BCUT2D eigenvalue weighted by atomic mass is 16.5. The van der Waals surface area contributed by atoms with Gasteiger partial charge in [0.05, 0.1) is 6.04 Å². The van der Waals surface area contributed by atoms with Gasteiger partial charge < -0.3 is 14.6 Å². The normalized spacial score (nSPS) is 12.1. The van der Waals surface area contributed by atoms with Crippen LogP contribution in [0.15, 0.2) is 42.7 Å². The van der Waals surface area contributed by atoms with E-state index in [9.17, 15) is 4.79 Å². The van der Waals surface area contributed by atoms with E-state index in [2.05, 4.69) is 10.3 Å². The predicted molar refractivity (Wildman–Crippen MR) is 76.1 cm³/mol. The third-order valence-electron chi connectivity index (χ3n) is 3.12. The van der Waals surface area contributed by atoms with E-state index in [4.69, 9.17) is 4.74 Å². The van der Waals surface area contributed by atoms with Crippen molar-refractivity contribution in [1.82, 2.24) is 14.9 Å². The second kappa shape index (κ2) is 6.86. The summed E-state index contributed by atoms with van der Waals surface area (Å²) in [6, 6.07) is 9.77. The number of ether oxygens (including phenoxy) is 1. The van der Waals surface area contributed by atoms with Crippen molar-refractivity contribution < 1.29 is 9.53 Å². The summed E-state index contributed by atoms with van der Waals surface area (Å²) in [4.78, 5) is 16.1. The van der Waals surface area contributed by atoms with E-state index >= 15 is 0 Å². The zero-order chi connectivity index (χ0) is 14.4. The molecule has 1 heterocycles. The number of rotatable bonds is 6. The molecule has 0 aliphatic carbocycles. The highest BCUT2D eigenvalue weighted by Crippen LogP contribution is 2.17. The molecule has 2 aromatic rings. The molecule has 20 heavy (non-hydrogen) atoms. The SMILES string of the molecule is COCC(=O)N[C@H](Cc1nccn1C)c1ccccc1. The Kier molecular flexibility index (Phi) is 4.90. The van der Waals surface area contributed by atoms with Crippen LogP contribution in [0.2, 0.25) is 0 Å². The van der Waals surface area contributed by atoms with Crippen molar-refractivity contribution in [2.75, 3.05) is 13.7 Å². The van der Waals surface area contributed by atoms with Crippen LogP contribution in [0.4, 0.5) is 0 Å². The quantitative estimate of drug-likeness (QED) is 0.867. The average molecular weight is 273 g/mol. The van der Waals surface area contributed by atoms with E-state index < -0.39 is 0 Å². The fraction of sp³-hybridized carbons (Fsp3) is 0.333. The van der Waals surface area contributed by atoms with Gasteiger partial charge in [0.1, 0.15) is 12.4 Å². The molecule has 106 valence electrons. The summed E-state index contributed by atoms with van der Waals surface area (Å²) in [5.41, 5.74) is 1.06. The standard InChI is InChI=1S/C15H19N3O2/c1-18-9-8-16-14(18)10-13(17-15(19)11-20-2)12-6-4-3-5-7-12/h3-9,13H,10-11H2,1-2H3,(H,17,19)/t13-/m1/s1. The number of aryl methyl sites for hydroxylation is 1. The van der Waals surface area contributed by atoms with Crippen LogP contribution < -0.4 is 5.32 Å². The molecule has 1 atom stereocenters. The Hall–Kier alpha value is -2.14. The molecule has 0 aliphatic heterocycles. The molecule has 0 unspecified atom stereocenters. The van der Waals surface area contributed by atoms with Gasteiger partial charge in [-0.1, -0.05) is 30.3 Å². The highest BCUT2D eigenvalue weighted by molar-refractivity contribution is 5.77. The van der Waals surface area contributed by atoms with Gasteiger partial charge in [0.15, 0.2) is 0 Å². The second-order valence-electron chi connectivity index (χ2n) is 4.62. The van der Waals surface area contributed by atoms with E-state index in [1.54, 1.807) is 6.20 Å². The lowest BCUT2D eigenvalue weighted by molar-refractivity contribution is -0.125. The molecule has 0 fully saturated rings. The molecule has 0 saturated carbocycles. The number of amides is 1. The maximum absolute atomic E-state index is 11.8. The first kappa shape index (κ1) is 14.3. The lowest BCUT2D eigenvalue weighted by atomic mass is 10.0. The molecule has 2 rings (SSSR count). The van der Waals surface area contributed by atoms with Crippen LogP contribution in [0, 0.1) is 0 Å². The number of hydrogen-bond acceptors (Lipinski definition) is 3. The minimum Gasteiger partial charge on any atom is -0.375 e. The molecule has 0 bridgehead atoms. The van der Waals surface area contributed by atoms with Crippen molar-refractivity contribution >= 4 is 5.91 Å². The lowest BCUT2D eigenvalue weighted by Crippen LogP contribution is -2.33. The Morgan fingerprint density at radius 3 is 2.75 bits per heavy atom. The molecule has 1 amide bonds. The Morgan fingerprint density at radius 1 is 1.40 bits per heavy atom. The summed E-state index contributed by atoms with van der Waals surface area (Å²) in [5, 5.41) is 2.98. The van der Waals surface area contributed by atoms with Crippen molar-refractivity contribution in [1.29, 1.82) is 0 Å². The number of nitrogens with zero attached hydrogens (tertiary/aromatic N) is 2. The van der Waals surface area contributed by atoms with Gasteiger partial charge in [-0.25, -0.2) is 4.98 Å². The molecule has 0 aliphatic rings. The van der Waals surface area contributed by atoms with Gasteiger partial charge in [-0.05, 0) is 5.56 Å². The molecule has 5 nitrogen and oxygen atoms in total. The first-order chi connectivity index (χ1) is 9.70. The minimum atomic E-state index is -0.129. The van der Waals surface area contributed by atoms with Gasteiger partial charge in [-0.3, -0.25) is 4.79 Å². The molecule has 1 aromatic heterocycles. The smallest absolute Gasteiger partial charge is 0.246 e. The summed E-state index contributed by atoms with van der Waals surface area (Å²) >= 11 is 0. The van der Waals surface area contributed by atoms with Gasteiger partial charge in [-0.15, -0.1) is 0 Å². The van der Waals surface area contributed by atoms with Crippen LogP contribution in [-0.4, -0.2) is 29.2 Å². The molecule has 5 heteroatoms. The zero-order valence-corrected chi connectivity index (χ0v) is 11.7. The van der Waals surface area contributed by atoms with E-state index in [1.807, 2.05) is 48.1 Å². The molecule has 1 N–H and O–H groups in total. The number of benzene rings is 1. The predicted octanol–water partition coefficient (Wildman–Crippen LogP) is 1.47. The number of nitrogens with one attached hydrogen (secondary N) is 1. The molecular formula is C15H19N3O2. The number of carbonyl (C=O) groups is 1. The number of imidazole rings is 1. The summed E-state index contributed by atoms with van der Waals surface area (Å²) in [5.74, 6) is 0.798. The zero-order valence-electron chi connectivity index (χ0n) is 11.7. The van der Waals surface area contributed by atoms with Gasteiger partial charge in [0.25, 0.3) is 0 Å². The van der Waals surface area contributed by atoms with Crippen LogP contribution in [0.5, 0.6) is 0 Å². The Morgan fingerprint density at radius 2 is 2.15 bits per heavy atom. The number of hydrogen-bond donors (Lipinski definition) is 1. The Labute approximate surface area is 118 Å². The lowest BCUT2D eigenvalue weighted by Gasteiger charge is -2.19. The van der Waals surface area contributed by atoms with E-state index in [-0.39, 0.29) is 18.6 Å². The Balaban J connectivity index is 2.16. The summed E-state index contributed by atoms with van der Waals surface area (Å²) < 4.78 is 6.82. The topological polar surface area (TPSA) is 56.1 Å². The fourth-order valence-corrected chi connectivity index (χ4v) is 2.08. The number of methoxy groups -OCH3 is 1. The summed E-state index contributed by atoms with van der Waals surface area (Å²) in [6.07, 6.45) is 4.30. The monoisotopic (exact) mass is 273 g/mol. The van der Waals surface area contributed by atoms with Crippen molar-refractivity contribution in [2.24, 2.45) is 7.05 Å². The summed E-state index contributed by atoms with van der Waals surface area (Å²) in [7, 11) is 3.46. The van der Waals surface area contributed by atoms with Crippen LogP contribution in [0.1, 0.15) is 17.4 Å². The second-order valence-corrected chi connectivity index (χ2v) is 4.62. The molecule has 1 aromatic carbocycles. The molecule has 0 saturated heterocycles. The molecule has 0 radical (unpaired) electrons. The van der Waals surface area contributed by atoms with Crippen LogP contribution >= 0.6 is 0 Å². The van der Waals surface area contributed by atoms with Crippen molar-refractivity contribution in [3.05, 3.63) is 54.1 Å². The maximum Gasteiger partial charge on any atom is 0.246 e.